The van der Waals surface area contributed by atoms with Gasteiger partial charge in [0.2, 0.25) is 6.10 Å². The van der Waals surface area contributed by atoms with Gasteiger partial charge in [0, 0.05) is 19.8 Å². The molecular weight excluding hydrogens is 305 g/mol. The first-order chi connectivity index (χ1) is 9.31. The molecule has 0 heterocycles. The van der Waals surface area contributed by atoms with Crippen molar-refractivity contribution in [2.24, 2.45) is 4.99 Å². The summed E-state index contributed by atoms with van der Waals surface area (Å²) < 4.78 is 0. The molecule has 1 unspecified atom stereocenters. The van der Waals surface area contributed by atoms with E-state index in [1.165, 1.54) is 29.4 Å². The normalized spacial score (nSPS) is 12.2. The van der Waals surface area contributed by atoms with Crippen LogP contribution in [0.15, 0.2) is 23.2 Å². The first-order valence-corrected chi connectivity index (χ1v) is 6.25. The molecule has 0 spiro atoms. The SMILES string of the molecule is CN(C)C=NC(=O)C(O)C(=O)Nc1ccc(Cl)c(Cl)c1. The third-order valence-corrected chi connectivity index (χ3v) is 2.82. The van der Waals surface area contributed by atoms with E-state index in [9.17, 15) is 14.7 Å². The van der Waals surface area contributed by atoms with E-state index in [0.717, 1.165) is 0 Å². The maximum absolute atomic E-state index is 11.6. The molecule has 1 rings (SSSR count). The molecule has 20 heavy (non-hydrogen) atoms. The Morgan fingerprint density at radius 1 is 1.35 bits per heavy atom. The smallest absolute Gasteiger partial charge is 0.285 e. The van der Waals surface area contributed by atoms with Crippen molar-refractivity contribution in [3.8, 4) is 0 Å². The highest BCUT2D eigenvalue weighted by Gasteiger charge is 2.23. The number of aliphatic hydroxyl groups is 1. The van der Waals surface area contributed by atoms with Gasteiger partial charge in [0.05, 0.1) is 16.4 Å². The third kappa shape index (κ3) is 4.80. The van der Waals surface area contributed by atoms with Crippen molar-refractivity contribution < 1.29 is 14.7 Å². The van der Waals surface area contributed by atoms with Crippen LogP contribution in [0.4, 0.5) is 5.69 Å². The Bertz CT molecular complexity index is 547. The molecule has 6 nitrogen and oxygen atoms in total. The van der Waals surface area contributed by atoms with Gasteiger partial charge in [-0.05, 0) is 18.2 Å². The summed E-state index contributed by atoms with van der Waals surface area (Å²) in [7, 11) is 3.30. The lowest BCUT2D eigenvalue weighted by atomic mass is 10.2. The topological polar surface area (TPSA) is 82.0 Å². The lowest BCUT2D eigenvalue weighted by Gasteiger charge is -2.09. The Hall–Kier alpha value is -1.63. The zero-order chi connectivity index (χ0) is 15.3. The molecule has 0 bridgehead atoms. The number of anilines is 1. The fourth-order valence-corrected chi connectivity index (χ4v) is 1.44. The fraction of sp³-hybridized carbons (Fsp3) is 0.250. The van der Waals surface area contributed by atoms with Crippen molar-refractivity contribution in [2.75, 3.05) is 19.4 Å². The van der Waals surface area contributed by atoms with Crippen molar-refractivity contribution in [2.45, 2.75) is 6.10 Å². The van der Waals surface area contributed by atoms with Gasteiger partial charge in [0.1, 0.15) is 0 Å². The van der Waals surface area contributed by atoms with Crippen LogP contribution in [-0.4, -0.2) is 48.4 Å². The zero-order valence-electron chi connectivity index (χ0n) is 10.8. The van der Waals surface area contributed by atoms with Crippen LogP contribution in [0, 0.1) is 0 Å². The van der Waals surface area contributed by atoms with Crippen molar-refractivity contribution in [1.82, 2.24) is 4.90 Å². The highest BCUT2D eigenvalue weighted by atomic mass is 35.5. The summed E-state index contributed by atoms with van der Waals surface area (Å²) in [5.41, 5.74) is 0.313. The van der Waals surface area contributed by atoms with Gasteiger partial charge in [-0.1, -0.05) is 23.2 Å². The monoisotopic (exact) mass is 317 g/mol. The maximum atomic E-state index is 11.6. The first-order valence-electron chi connectivity index (χ1n) is 5.49. The second-order valence-electron chi connectivity index (χ2n) is 4.07. The van der Waals surface area contributed by atoms with Crippen LogP contribution in [-0.2, 0) is 9.59 Å². The van der Waals surface area contributed by atoms with Gasteiger partial charge < -0.3 is 15.3 Å². The molecule has 2 amide bonds. The van der Waals surface area contributed by atoms with Gasteiger partial charge in [-0.3, -0.25) is 9.59 Å². The predicted molar refractivity (Wildman–Crippen MR) is 78.3 cm³/mol. The summed E-state index contributed by atoms with van der Waals surface area (Å²) in [6, 6.07) is 4.38. The quantitative estimate of drug-likeness (QED) is 0.500. The minimum absolute atomic E-state index is 0.246. The molecule has 1 aromatic rings. The highest BCUT2D eigenvalue weighted by molar-refractivity contribution is 6.42. The Morgan fingerprint density at radius 3 is 2.55 bits per heavy atom. The summed E-state index contributed by atoms with van der Waals surface area (Å²) in [5, 5.41) is 12.4. The lowest BCUT2D eigenvalue weighted by molar-refractivity contribution is -0.135. The molecule has 1 atom stereocenters. The number of amides is 2. The number of aliphatic hydroxyl groups excluding tert-OH is 1. The van der Waals surface area contributed by atoms with E-state index in [-0.39, 0.29) is 5.02 Å². The summed E-state index contributed by atoms with van der Waals surface area (Å²) in [4.78, 5) is 28.0. The van der Waals surface area contributed by atoms with Gasteiger partial charge >= 0.3 is 0 Å². The van der Waals surface area contributed by atoms with E-state index in [2.05, 4.69) is 10.3 Å². The second-order valence-corrected chi connectivity index (χ2v) is 4.88. The van der Waals surface area contributed by atoms with E-state index in [1.807, 2.05) is 0 Å². The highest BCUT2D eigenvalue weighted by Crippen LogP contribution is 2.25. The Kier molecular flexibility index (Phi) is 5.94. The molecule has 0 aliphatic carbocycles. The van der Waals surface area contributed by atoms with Gasteiger partial charge in [0.25, 0.3) is 11.8 Å². The summed E-state index contributed by atoms with van der Waals surface area (Å²) in [6.45, 7) is 0. The molecule has 0 saturated carbocycles. The standard InChI is InChI=1S/C12H13Cl2N3O3/c1-17(2)6-15-11(19)10(18)12(20)16-7-3-4-8(13)9(14)5-7/h3-6,10,18H,1-2H3,(H,16,20). The minimum atomic E-state index is -1.89. The Labute approximate surface area is 126 Å². The third-order valence-electron chi connectivity index (χ3n) is 2.09. The van der Waals surface area contributed by atoms with Crippen LogP contribution in [0.1, 0.15) is 0 Å². The van der Waals surface area contributed by atoms with Crippen molar-refractivity contribution in [1.29, 1.82) is 0 Å². The van der Waals surface area contributed by atoms with Crippen LogP contribution in [0.5, 0.6) is 0 Å². The molecule has 2 N–H and O–H groups in total. The minimum Gasteiger partial charge on any atom is -0.375 e. The number of benzene rings is 1. The molecule has 0 saturated heterocycles. The van der Waals surface area contributed by atoms with Crippen LogP contribution in [0.3, 0.4) is 0 Å². The van der Waals surface area contributed by atoms with Crippen molar-refractivity contribution >= 4 is 47.0 Å². The number of nitrogens with zero attached hydrogens (tertiary/aromatic N) is 2. The molecule has 8 heteroatoms. The molecular formula is C12H13Cl2N3O3. The maximum Gasteiger partial charge on any atom is 0.285 e. The summed E-state index contributed by atoms with van der Waals surface area (Å²) in [6.07, 6.45) is -0.696. The van der Waals surface area contributed by atoms with E-state index in [4.69, 9.17) is 23.2 Å². The molecule has 0 aromatic heterocycles. The zero-order valence-corrected chi connectivity index (χ0v) is 12.3. The van der Waals surface area contributed by atoms with Crippen LogP contribution < -0.4 is 5.32 Å². The van der Waals surface area contributed by atoms with Gasteiger partial charge in [0.15, 0.2) is 0 Å². The van der Waals surface area contributed by atoms with Crippen molar-refractivity contribution in [3.05, 3.63) is 28.2 Å². The second kappa shape index (κ2) is 7.23. The molecule has 0 aliphatic heterocycles. The number of aliphatic imine (C=N–C) groups is 1. The number of carbonyl (C=O) groups is 2. The number of nitrogens with one attached hydrogen (secondary N) is 1. The average Bonchev–Trinajstić information content (AvgIpc) is 2.39. The first kappa shape index (κ1) is 16.4. The van der Waals surface area contributed by atoms with Gasteiger partial charge in [-0.25, -0.2) is 4.99 Å². The number of rotatable bonds is 4. The van der Waals surface area contributed by atoms with Crippen LogP contribution in [0.2, 0.25) is 10.0 Å². The van der Waals surface area contributed by atoms with E-state index >= 15 is 0 Å². The van der Waals surface area contributed by atoms with E-state index in [1.54, 1.807) is 14.1 Å². The molecule has 1 aromatic carbocycles. The number of hydrogen-bond donors (Lipinski definition) is 2. The molecule has 0 radical (unpaired) electrons. The van der Waals surface area contributed by atoms with E-state index in [0.29, 0.717) is 10.7 Å². The molecule has 0 aliphatic rings. The predicted octanol–water partition coefficient (Wildman–Crippen LogP) is 1.41. The lowest BCUT2D eigenvalue weighted by Crippen LogP contribution is -2.34. The average molecular weight is 318 g/mol. The summed E-state index contributed by atoms with van der Waals surface area (Å²) >= 11 is 11.5. The summed E-state index contributed by atoms with van der Waals surface area (Å²) in [5.74, 6) is -1.86. The fourth-order valence-electron chi connectivity index (χ4n) is 1.14. The van der Waals surface area contributed by atoms with Crippen LogP contribution in [0.25, 0.3) is 0 Å². The van der Waals surface area contributed by atoms with Gasteiger partial charge in [-0.2, -0.15) is 0 Å². The molecule has 0 fully saturated rings. The largest absolute Gasteiger partial charge is 0.375 e. The Morgan fingerprint density at radius 2 is 2.00 bits per heavy atom. The number of halogens is 2. The van der Waals surface area contributed by atoms with Crippen LogP contribution >= 0.6 is 23.2 Å². The molecule has 108 valence electrons. The van der Waals surface area contributed by atoms with Gasteiger partial charge in [-0.15, -0.1) is 0 Å². The number of hydrogen-bond acceptors (Lipinski definition) is 3. The number of carbonyl (C=O) groups excluding carboxylic acids is 2. The Balaban J connectivity index is 2.70. The van der Waals surface area contributed by atoms with Crippen molar-refractivity contribution in [3.63, 3.8) is 0 Å². The van der Waals surface area contributed by atoms with E-state index < -0.39 is 17.9 Å².